The summed E-state index contributed by atoms with van der Waals surface area (Å²) in [4.78, 5) is 50.0. The summed E-state index contributed by atoms with van der Waals surface area (Å²) in [7, 11) is 1.56. The number of Topliss-reactive ketones (excluding diaryl/α,β-unsaturated/α-hetero) is 2. The molecule has 0 fully saturated rings. The summed E-state index contributed by atoms with van der Waals surface area (Å²) >= 11 is 0. The van der Waals surface area contributed by atoms with Gasteiger partial charge in [0.1, 0.15) is 0 Å². The Hall–Kier alpha value is -3.52. The van der Waals surface area contributed by atoms with Crippen molar-refractivity contribution in [2.24, 2.45) is 5.73 Å². The van der Waals surface area contributed by atoms with E-state index in [1.165, 1.54) is 0 Å². The van der Waals surface area contributed by atoms with Gasteiger partial charge in [0.25, 0.3) is 23.4 Å². The number of fused-ring (bicyclic) bond motifs is 2. The number of rotatable bonds is 5. The van der Waals surface area contributed by atoms with Crippen LogP contribution in [0.15, 0.2) is 24.3 Å². The Balaban J connectivity index is 2.13. The van der Waals surface area contributed by atoms with Crippen molar-refractivity contribution < 1.29 is 23.9 Å². The first-order chi connectivity index (χ1) is 13.5. The van der Waals surface area contributed by atoms with E-state index in [1.54, 1.807) is 31.4 Å². The Morgan fingerprint density at radius 3 is 2.64 bits per heavy atom. The normalized spacial score (nSPS) is 15.8. The number of carbonyl (C=O) groups is 4. The number of methoxy groups -OCH3 is 1. The van der Waals surface area contributed by atoms with Crippen molar-refractivity contribution in [2.45, 2.75) is 6.42 Å². The van der Waals surface area contributed by atoms with Crippen molar-refractivity contribution in [3.05, 3.63) is 45.8 Å². The predicted molar refractivity (Wildman–Crippen MR) is 101 cm³/mol. The summed E-state index contributed by atoms with van der Waals surface area (Å²) in [5.41, 5.74) is 6.25. The number of imide groups is 1. The molecule has 0 atom stereocenters. The van der Waals surface area contributed by atoms with Crippen molar-refractivity contribution in [3.8, 4) is 0 Å². The SMILES string of the molecule is COCCCNC1=c2c3c4c(cccc4cc2=C(N)C(=O)C1=O)C(=O)NC3=O. The highest BCUT2D eigenvalue weighted by Gasteiger charge is 2.33. The molecule has 8 nitrogen and oxygen atoms in total. The Kier molecular flexibility index (Phi) is 4.20. The molecule has 4 N–H and O–H groups in total. The van der Waals surface area contributed by atoms with Crippen LogP contribution in [0, 0.1) is 0 Å². The first kappa shape index (κ1) is 17.9. The Labute approximate surface area is 159 Å². The zero-order valence-corrected chi connectivity index (χ0v) is 15.0. The van der Waals surface area contributed by atoms with Crippen molar-refractivity contribution in [1.29, 1.82) is 0 Å². The van der Waals surface area contributed by atoms with E-state index in [4.69, 9.17) is 10.5 Å². The van der Waals surface area contributed by atoms with Crippen LogP contribution in [-0.4, -0.2) is 43.6 Å². The molecule has 2 aromatic rings. The zero-order valence-electron chi connectivity index (χ0n) is 15.0. The largest absolute Gasteiger partial charge is 0.395 e. The van der Waals surface area contributed by atoms with E-state index < -0.39 is 23.4 Å². The summed E-state index contributed by atoms with van der Waals surface area (Å²) in [6.45, 7) is 0.828. The first-order valence-electron chi connectivity index (χ1n) is 8.73. The molecule has 0 bridgehead atoms. The van der Waals surface area contributed by atoms with Gasteiger partial charge in [0.15, 0.2) is 0 Å². The van der Waals surface area contributed by atoms with Gasteiger partial charge in [-0.25, -0.2) is 0 Å². The summed E-state index contributed by atoms with van der Waals surface area (Å²) in [5, 5.41) is 6.86. The number of benzene rings is 2. The third-order valence-electron chi connectivity index (χ3n) is 4.91. The lowest BCUT2D eigenvalue weighted by Gasteiger charge is -2.21. The molecule has 0 saturated heterocycles. The second kappa shape index (κ2) is 6.58. The summed E-state index contributed by atoms with van der Waals surface area (Å²) in [6.07, 6.45) is 0.592. The van der Waals surface area contributed by atoms with Crippen LogP contribution in [0.3, 0.4) is 0 Å². The topological polar surface area (TPSA) is 128 Å². The fourth-order valence-electron chi connectivity index (χ4n) is 3.65. The monoisotopic (exact) mass is 379 g/mol. The Morgan fingerprint density at radius 2 is 1.89 bits per heavy atom. The Morgan fingerprint density at radius 1 is 1.11 bits per heavy atom. The molecule has 0 aromatic heterocycles. The Bertz CT molecular complexity index is 1210. The minimum atomic E-state index is -0.822. The van der Waals surface area contributed by atoms with Crippen molar-refractivity contribution in [3.63, 3.8) is 0 Å². The molecule has 2 aromatic carbocycles. The summed E-state index contributed by atoms with van der Waals surface area (Å²) in [6, 6.07) is 6.66. The molecule has 0 radical (unpaired) electrons. The molecule has 142 valence electrons. The van der Waals surface area contributed by atoms with Gasteiger partial charge >= 0.3 is 0 Å². The van der Waals surface area contributed by atoms with Gasteiger partial charge in [-0.2, -0.15) is 0 Å². The van der Waals surface area contributed by atoms with Crippen molar-refractivity contribution >= 4 is 45.5 Å². The third kappa shape index (κ3) is 2.49. The van der Waals surface area contributed by atoms with E-state index in [0.29, 0.717) is 41.1 Å². The van der Waals surface area contributed by atoms with Crippen LogP contribution in [0.2, 0.25) is 0 Å². The van der Waals surface area contributed by atoms with Gasteiger partial charge < -0.3 is 15.8 Å². The smallest absolute Gasteiger partial charge is 0.259 e. The molecule has 0 spiro atoms. The predicted octanol–water partition coefficient (Wildman–Crippen LogP) is -1.32. The van der Waals surface area contributed by atoms with Crippen LogP contribution in [0.4, 0.5) is 0 Å². The number of amides is 2. The number of ketones is 2. The highest BCUT2D eigenvalue weighted by Crippen LogP contribution is 2.24. The van der Waals surface area contributed by atoms with E-state index in [-0.39, 0.29) is 22.2 Å². The maximum absolute atomic E-state index is 12.7. The molecular formula is C20H17N3O5. The van der Waals surface area contributed by atoms with Crippen LogP contribution in [0.25, 0.3) is 22.2 Å². The third-order valence-corrected chi connectivity index (χ3v) is 4.91. The molecule has 1 aliphatic heterocycles. The number of hydrogen-bond acceptors (Lipinski definition) is 7. The zero-order chi connectivity index (χ0) is 20.0. The van der Waals surface area contributed by atoms with Gasteiger partial charge in [0, 0.05) is 41.6 Å². The van der Waals surface area contributed by atoms with Gasteiger partial charge in [-0.1, -0.05) is 12.1 Å². The van der Waals surface area contributed by atoms with E-state index in [9.17, 15) is 19.2 Å². The summed E-state index contributed by atoms with van der Waals surface area (Å²) in [5.74, 6) is -2.76. The standard InChI is InChI=1S/C20H17N3O5/c1-28-7-3-6-22-16-13-11(15(21)17(24)18(16)25)8-9-4-2-5-10-12(9)14(13)20(27)23-19(10)26/h2,4-5,8,22H,3,6-7,21H2,1H3,(H,23,26,27). The number of carbonyl (C=O) groups excluding carboxylic acids is 4. The second-order valence-electron chi connectivity index (χ2n) is 6.58. The maximum Gasteiger partial charge on any atom is 0.259 e. The lowest BCUT2D eigenvalue weighted by atomic mass is 9.88. The van der Waals surface area contributed by atoms with Crippen molar-refractivity contribution in [2.75, 3.05) is 20.3 Å². The van der Waals surface area contributed by atoms with Gasteiger partial charge in [0.05, 0.1) is 17.0 Å². The van der Waals surface area contributed by atoms with Crippen LogP contribution in [0.5, 0.6) is 0 Å². The number of nitrogens with one attached hydrogen (secondary N) is 2. The molecular weight excluding hydrogens is 362 g/mol. The fraction of sp³-hybridized carbons (Fsp3) is 0.200. The fourth-order valence-corrected chi connectivity index (χ4v) is 3.65. The molecule has 0 saturated carbocycles. The van der Waals surface area contributed by atoms with E-state index >= 15 is 0 Å². The molecule has 2 amide bonds. The van der Waals surface area contributed by atoms with E-state index in [2.05, 4.69) is 10.6 Å². The quantitative estimate of drug-likeness (QED) is 0.334. The van der Waals surface area contributed by atoms with Crippen LogP contribution in [-0.2, 0) is 14.3 Å². The lowest BCUT2D eigenvalue weighted by Crippen LogP contribution is -2.51. The molecule has 0 unspecified atom stereocenters. The highest BCUT2D eigenvalue weighted by molar-refractivity contribution is 6.62. The molecule has 1 aliphatic carbocycles. The van der Waals surface area contributed by atoms with Crippen LogP contribution >= 0.6 is 0 Å². The molecule has 2 aliphatic rings. The lowest BCUT2D eigenvalue weighted by molar-refractivity contribution is -0.130. The highest BCUT2D eigenvalue weighted by atomic mass is 16.5. The van der Waals surface area contributed by atoms with Crippen molar-refractivity contribution in [1.82, 2.24) is 10.6 Å². The number of hydrogen-bond donors (Lipinski definition) is 3. The van der Waals surface area contributed by atoms with E-state index in [0.717, 1.165) is 0 Å². The van der Waals surface area contributed by atoms with Gasteiger partial charge in [-0.15, -0.1) is 0 Å². The number of nitrogens with two attached hydrogens (primary N) is 1. The molecule has 8 heteroatoms. The first-order valence-corrected chi connectivity index (χ1v) is 8.73. The molecule has 4 rings (SSSR count). The van der Waals surface area contributed by atoms with Crippen LogP contribution in [0.1, 0.15) is 27.1 Å². The van der Waals surface area contributed by atoms with Gasteiger partial charge in [-0.05, 0) is 23.9 Å². The minimum Gasteiger partial charge on any atom is -0.395 e. The van der Waals surface area contributed by atoms with E-state index in [1.807, 2.05) is 0 Å². The maximum atomic E-state index is 12.7. The van der Waals surface area contributed by atoms with Crippen LogP contribution < -0.4 is 26.8 Å². The van der Waals surface area contributed by atoms with Gasteiger partial charge in [0.2, 0.25) is 0 Å². The average Bonchev–Trinajstić information content (AvgIpc) is 2.69. The summed E-state index contributed by atoms with van der Waals surface area (Å²) < 4.78 is 5.00. The molecule has 1 heterocycles. The molecule has 28 heavy (non-hydrogen) atoms. The second-order valence-corrected chi connectivity index (χ2v) is 6.58. The minimum absolute atomic E-state index is 0.0153. The number of ether oxygens (including phenoxy) is 1. The van der Waals surface area contributed by atoms with Gasteiger partial charge in [-0.3, -0.25) is 24.5 Å². The average molecular weight is 379 g/mol.